The van der Waals surface area contributed by atoms with Crippen molar-refractivity contribution in [2.45, 2.75) is 31.2 Å². The molecule has 4 heterocycles. The zero-order valence-corrected chi connectivity index (χ0v) is 29.6. The van der Waals surface area contributed by atoms with Gasteiger partial charge in [0.25, 0.3) is 11.8 Å². The summed E-state index contributed by atoms with van der Waals surface area (Å²) in [6.45, 7) is 10.5. The Bertz CT molecular complexity index is 2550. The van der Waals surface area contributed by atoms with Crippen LogP contribution >= 0.6 is 0 Å². The number of imide groups is 1. The summed E-state index contributed by atoms with van der Waals surface area (Å²) in [7, 11) is 1.57. The minimum atomic E-state index is -0.908. The molecule has 4 bridgehead atoms. The average molecular weight is 698 g/mol. The highest BCUT2D eigenvalue weighted by atomic mass is 16.5. The summed E-state index contributed by atoms with van der Waals surface area (Å²) >= 11 is 0. The first-order valence-corrected chi connectivity index (χ1v) is 18.1. The number of fused-ring (bicyclic) bond motifs is 13. The largest absolute Gasteiger partial charge is 0.374 e. The van der Waals surface area contributed by atoms with Crippen molar-refractivity contribution in [2.75, 3.05) is 20.3 Å². The number of para-hydroxylation sites is 2. The molecule has 53 heavy (non-hydrogen) atoms. The standard InChI is InChI=1S/C46H39N3O4/c1-4-14-38-30(2)33-17-8-11-20-39(33)46(38,31-15-6-5-7-16-31)53-29-32-23-24-48-27-36(34-18-9-12-21-40(34)48)42-43(45(51)47(3)44(42)50)37-28-49(25-26-52-32)41-22-13-10-19-35(37)41/h4-22,27-28,32H,1-2,23-26,29H2,3H3/b38-14+/t32-,46?/m0/s1. The normalized spacial score (nSPS) is 21.1. The molecule has 2 aromatic heterocycles. The van der Waals surface area contributed by atoms with Crippen LogP contribution in [0.4, 0.5) is 0 Å². The molecule has 1 unspecified atom stereocenters. The average Bonchev–Trinajstić information content (AvgIpc) is 3.88. The van der Waals surface area contributed by atoms with Crippen molar-refractivity contribution in [1.82, 2.24) is 14.0 Å². The topological polar surface area (TPSA) is 65.7 Å². The number of amides is 2. The van der Waals surface area contributed by atoms with Crippen LogP contribution in [0.15, 0.2) is 146 Å². The molecule has 0 radical (unpaired) electrons. The zero-order chi connectivity index (χ0) is 36.3. The van der Waals surface area contributed by atoms with Crippen LogP contribution in [0, 0.1) is 0 Å². The molecule has 0 spiro atoms. The molecule has 7 heteroatoms. The Kier molecular flexibility index (Phi) is 7.99. The van der Waals surface area contributed by atoms with Gasteiger partial charge in [0.2, 0.25) is 0 Å². The number of carbonyl (C=O) groups is 2. The second-order valence-corrected chi connectivity index (χ2v) is 13.9. The van der Waals surface area contributed by atoms with E-state index in [1.54, 1.807) is 13.1 Å². The molecule has 262 valence electrons. The van der Waals surface area contributed by atoms with Crippen LogP contribution in [-0.2, 0) is 37.8 Å². The SMILES string of the molecule is C=C/C=C1\C(=C)c2ccccc2C1(OC[C@@H]1CCn2cc(c3ccccc32)C2=C(C(=O)N(C)C2=O)c2cn(c3ccccc23)CCO1)c1ccccc1. The quantitative estimate of drug-likeness (QED) is 0.170. The number of ether oxygens (including phenoxy) is 2. The van der Waals surface area contributed by atoms with Gasteiger partial charge in [-0.15, -0.1) is 0 Å². The number of aromatic nitrogens is 2. The number of hydrogen-bond donors (Lipinski definition) is 0. The lowest BCUT2D eigenvalue weighted by molar-refractivity contribution is -0.134. The summed E-state index contributed by atoms with van der Waals surface area (Å²) in [5, 5.41) is 1.84. The van der Waals surface area contributed by atoms with Crippen LogP contribution in [-0.4, -0.2) is 52.2 Å². The molecule has 2 amide bonds. The van der Waals surface area contributed by atoms with E-state index in [4.69, 9.17) is 9.47 Å². The van der Waals surface area contributed by atoms with Crippen molar-refractivity contribution in [3.05, 3.63) is 174 Å². The van der Waals surface area contributed by atoms with Crippen molar-refractivity contribution >= 4 is 50.3 Å². The Labute approximate surface area is 308 Å². The summed E-state index contributed by atoms with van der Waals surface area (Å²) in [6, 6.07) is 34.8. The molecule has 4 aromatic carbocycles. The molecule has 0 fully saturated rings. The van der Waals surface area contributed by atoms with E-state index < -0.39 is 5.60 Å². The summed E-state index contributed by atoms with van der Waals surface area (Å²) < 4.78 is 18.4. The molecule has 1 aliphatic carbocycles. The third-order valence-electron chi connectivity index (χ3n) is 11.1. The van der Waals surface area contributed by atoms with Gasteiger partial charge in [0.05, 0.1) is 30.5 Å². The number of carbonyl (C=O) groups excluding carboxylic acids is 2. The summed E-state index contributed by atoms with van der Waals surface area (Å²) in [6.07, 6.45) is 8.20. The Hall–Kier alpha value is -6.02. The lowest BCUT2D eigenvalue weighted by Crippen LogP contribution is -2.35. The fourth-order valence-corrected chi connectivity index (χ4v) is 8.55. The maximum atomic E-state index is 14.0. The van der Waals surface area contributed by atoms with E-state index in [9.17, 15) is 9.59 Å². The van der Waals surface area contributed by atoms with Gasteiger partial charge in [-0.25, -0.2) is 0 Å². The van der Waals surface area contributed by atoms with Gasteiger partial charge in [0.1, 0.15) is 5.60 Å². The van der Waals surface area contributed by atoms with Crippen LogP contribution in [0.2, 0.25) is 0 Å². The fraction of sp³-hybridized carbons (Fsp3) is 0.174. The minimum absolute atomic E-state index is 0.286. The lowest BCUT2D eigenvalue weighted by atomic mass is 9.83. The van der Waals surface area contributed by atoms with Crippen molar-refractivity contribution in [1.29, 1.82) is 0 Å². The van der Waals surface area contributed by atoms with Crippen LogP contribution < -0.4 is 0 Å². The van der Waals surface area contributed by atoms with Gasteiger partial charge in [-0.1, -0.05) is 116 Å². The molecular formula is C46H39N3O4. The molecular weight excluding hydrogens is 659 g/mol. The third-order valence-corrected chi connectivity index (χ3v) is 11.1. The first kappa shape index (κ1) is 32.9. The van der Waals surface area contributed by atoms with Crippen molar-refractivity contribution in [3.63, 3.8) is 0 Å². The number of aryl methyl sites for hydroxylation is 1. The van der Waals surface area contributed by atoms with Crippen LogP contribution in [0.25, 0.3) is 38.5 Å². The summed E-state index contributed by atoms with van der Waals surface area (Å²) in [5.74, 6) is -0.585. The van der Waals surface area contributed by atoms with Gasteiger partial charge in [0, 0.05) is 76.6 Å². The molecule has 0 saturated heterocycles. The van der Waals surface area contributed by atoms with E-state index >= 15 is 0 Å². The maximum Gasteiger partial charge on any atom is 0.261 e. The van der Waals surface area contributed by atoms with Crippen molar-refractivity contribution < 1.29 is 19.1 Å². The van der Waals surface area contributed by atoms with E-state index in [-0.39, 0.29) is 17.9 Å². The van der Waals surface area contributed by atoms with Crippen LogP contribution in [0.5, 0.6) is 0 Å². The molecule has 0 saturated carbocycles. The number of allylic oxidation sites excluding steroid dienone is 2. The summed E-state index contributed by atoms with van der Waals surface area (Å²) in [4.78, 5) is 29.1. The molecule has 2 atom stereocenters. The predicted molar refractivity (Wildman–Crippen MR) is 210 cm³/mol. The molecule has 0 N–H and O–H groups in total. The molecule has 6 aromatic rings. The van der Waals surface area contributed by atoms with Crippen LogP contribution in [0.1, 0.15) is 34.2 Å². The highest BCUT2D eigenvalue weighted by Gasteiger charge is 2.48. The van der Waals surface area contributed by atoms with Crippen LogP contribution in [0.3, 0.4) is 0 Å². The predicted octanol–water partition coefficient (Wildman–Crippen LogP) is 8.39. The Morgan fingerprint density at radius 2 is 1.36 bits per heavy atom. The number of hydrogen-bond acceptors (Lipinski definition) is 4. The summed E-state index contributed by atoms with van der Waals surface area (Å²) in [5.41, 5.74) is 8.41. The Morgan fingerprint density at radius 1 is 0.774 bits per heavy atom. The Balaban J connectivity index is 1.16. The highest BCUT2D eigenvalue weighted by molar-refractivity contribution is 6.50. The third kappa shape index (κ3) is 5.03. The number of benzene rings is 4. The van der Waals surface area contributed by atoms with E-state index in [2.05, 4.69) is 58.7 Å². The van der Waals surface area contributed by atoms with E-state index in [1.807, 2.05) is 85.2 Å². The molecule has 9 rings (SSSR count). The van der Waals surface area contributed by atoms with Gasteiger partial charge in [-0.05, 0) is 35.3 Å². The van der Waals surface area contributed by atoms with Gasteiger partial charge in [0.15, 0.2) is 0 Å². The van der Waals surface area contributed by atoms with E-state index in [0.29, 0.717) is 43.9 Å². The monoisotopic (exact) mass is 697 g/mol. The maximum absolute atomic E-state index is 14.0. The zero-order valence-electron chi connectivity index (χ0n) is 29.6. The van der Waals surface area contributed by atoms with E-state index in [1.165, 1.54) is 4.90 Å². The number of nitrogens with zero attached hydrogens (tertiary/aromatic N) is 3. The smallest absolute Gasteiger partial charge is 0.261 e. The van der Waals surface area contributed by atoms with Gasteiger partial charge in [-0.2, -0.15) is 0 Å². The fourth-order valence-electron chi connectivity index (χ4n) is 8.55. The molecule has 2 aliphatic heterocycles. The number of likely N-dealkylation sites (N-methyl/N-ethyl adjacent to an activating group) is 1. The lowest BCUT2D eigenvalue weighted by Gasteiger charge is -2.35. The Morgan fingerprint density at radius 3 is 2.02 bits per heavy atom. The van der Waals surface area contributed by atoms with Gasteiger partial charge >= 0.3 is 0 Å². The van der Waals surface area contributed by atoms with Gasteiger partial charge < -0.3 is 18.6 Å². The second-order valence-electron chi connectivity index (χ2n) is 13.9. The second kappa shape index (κ2) is 12.9. The number of rotatable bonds is 5. The first-order chi connectivity index (χ1) is 25.9. The molecule has 3 aliphatic rings. The van der Waals surface area contributed by atoms with Crippen molar-refractivity contribution in [3.8, 4) is 0 Å². The highest BCUT2D eigenvalue weighted by Crippen LogP contribution is 2.54. The molecule has 7 nitrogen and oxygen atoms in total. The van der Waals surface area contributed by atoms with Gasteiger partial charge in [-0.3, -0.25) is 14.5 Å². The van der Waals surface area contributed by atoms with Crippen molar-refractivity contribution in [2.24, 2.45) is 0 Å². The minimum Gasteiger partial charge on any atom is -0.374 e. The first-order valence-electron chi connectivity index (χ1n) is 18.1. The van der Waals surface area contributed by atoms with E-state index in [0.717, 1.165) is 60.8 Å².